The summed E-state index contributed by atoms with van der Waals surface area (Å²) in [6, 6.07) is 17.3. The van der Waals surface area contributed by atoms with Crippen molar-refractivity contribution in [2.24, 2.45) is 11.8 Å². The van der Waals surface area contributed by atoms with E-state index in [4.69, 9.17) is 0 Å². The Balaban J connectivity index is 1.54. The third-order valence-corrected chi connectivity index (χ3v) is 5.68. The Bertz CT molecular complexity index is 842. The molecule has 0 aliphatic carbocycles. The number of rotatable bonds is 7. The van der Waals surface area contributed by atoms with Gasteiger partial charge < -0.3 is 10.2 Å². The number of hydrogen-bond acceptors (Lipinski definition) is 3. The molecule has 160 valence electrons. The van der Waals surface area contributed by atoms with Gasteiger partial charge in [-0.05, 0) is 41.5 Å². The number of carbonyl (C=O) groups excluding carboxylic acids is 2. The van der Waals surface area contributed by atoms with E-state index in [1.165, 1.54) is 16.9 Å². The van der Waals surface area contributed by atoms with Crippen LogP contribution in [0.5, 0.6) is 0 Å². The second kappa shape index (κ2) is 10.4. The van der Waals surface area contributed by atoms with Crippen LogP contribution < -0.4 is 5.32 Å². The number of piperidine rings is 1. The van der Waals surface area contributed by atoms with Crippen molar-refractivity contribution >= 4 is 11.8 Å². The first kappa shape index (κ1) is 22.0. The van der Waals surface area contributed by atoms with E-state index in [1.54, 1.807) is 19.2 Å². The fourth-order valence-corrected chi connectivity index (χ4v) is 4.38. The summed E-state index contributed by atoms with van der Waals surface area (Å²) in [6.07, 6.45) is 1.30. The van der Waals surface area contributed by atoms with Crippen molar-refractivity contribution in [2.45, 2.75) is 33.4 Å². The predicted molar refractivity (Wildman–Crippen MR) is 120 cm³/mol. The molecule has 1 aliphatic rings. The summed E-state index contributed by atoms with van der Waals surface area (Å²) in [5.74, 6) is 1.13. The van der Waals surface area contributed by atoms with Crippen LogP contribution in [0.4, 0.5) is 0 Å². The molecule has 5 heteroatoms. The minimum atomic E-state index is -0.156. The molecule has 2 atom stereocenters. The second-order valence-electron chi connectivity index (χ2n) is 8.71. The van der Waals surface area contributed by atoms with Gasteiger partial charge in [-0.15, -0.1) is 0 Å². The summed E-state index contributed by atoms with van der Waals surface area (Å²) < 4.78 is 0. The number of likely N-dealkylation sites (tertiary alicyclic amines) is 1. The molecule has 3 rings (SSSR count). The monoisotopic (exact) mass is 407 g/mol. The summed E-state index contributed by atoms with van der Waals surface area (Å²) in [6.45, 7) is 8.31. The third kappa shape index (κ3) is 6.17. The van der Waals surface area contributed by atoms with Gasteiger partial charge in [0.1, 0.15) is 0 Å². The number of hydrogen-bond donors (Lipinski definition) is 1. The van der Waals surface area contributed by atoms with E-state index in [0.717, 1.165) is 37.0 Å². The summed E-state index contributed by atoms with van der Waals surface area (Å²) in [7, 11) is 1.65. The van der Waals surface area contributed by atoms with Crippen molar-refractivity contribution in [1.29, 1.82) is 0 Å². The molecule has 0 bridgehead atoms. The first-order valence-corrected chi connectivity index (χ1v) is 10.8. The zero-order chi connectivity index (χ0) is 21.5. The van der Waals surface area contributed by atoms with Crippen LogP contribution >= 0.6 is 0 Å². The second-order valence-corrected chi connectivity index (χ2v) is 8.71. The molecule has 1 aliphatic heterocycles. The first-order valence-electron chi connectivity index (χ1n) is 10.8. The van der Waals surface area contributed by atoms with Crippen LogP contribution in [-0.2, 0) is 17.9 Å². The van der Waals surface area contributed by atoms with Crippen LogP contribution in [0.2, 0.25) is 0 Å². The van der Waals surface area contributed by atoms with Gasteiger partial charge in [0.25, 0.3) is 5.91 Å². The standard InChI is InChI=1S/C25H33N3O2/c1-19-13-20(2)16-28(15-19)17-23-12-8-7-11-22(23)14-26-24(29)18-27(3)25(30)21-9-5-4-6-10-21/h4-12,19-20H,13-18H2,1-3H3,(H,26,29)/t19-,20-/m0/s1. The van der Waals surface area contributed by atoms with Gasteiger partial charge >= 0.3 is 0 Å². The topological polar surface area (TPSA) is 52.7 Å². The van der Waals surface area contributed by atoms with Crippen LogP contribution in [0.25, 0.3) is 0 Å². The minimum Gasteiger partial charge on any atom is -0.350 e. The van der Waals surface area contributed by atoms with E-state index in [9.17, 15) is 9.59 Å². The summed E-state index contributed by atoms with van der Waals surface area (Å²) in [5.41, 5.74) is 2.98. The smallest absolute Gasteiger partial charge is 0.254 e. The fourth-order valence-electron chi connectivity index (χ4n) is 4.38. The van der Waals surface area contributed by atoms with Crippen LogP contribution in [0.3, 0.4) is 0 Å². The average Bonchev–Trinajstić information content (AvgIpc) is 2.72. The first-order chi connectivity index (χ1) is 14.4. The molecule has 2 aromatic carbocycles. The van der Waals surface area contributed by atoms with Crippen molar-refractivity contribution < 1.29 is 9.59 Å². The lowest BCUT2D eigenvalue weighted by Gasteiger charge is -2.35. The molecule has 0 unspecified atom stereocenters. The van der Waals surface area contributed by atoms with Gasteiger partial charge in [0.2, 0.25) is 5.91 Å². The Hall–Kier alpha value is -2.66. The molecular weight excluding hydrogens is 374 g/mol. The lowest BCUT2D eigenvalue weighted by molar-refractivity contribution is -0.121. The zero-order valence-electron chi connectivity index (χ0n) is 18.3. The minimum absolute atomic E-state index is 0.0387. The molecule has 0 spiro atoms. The number of likely N-dealkylation sites (N-methyl/N-ethyl adjacent to an activating group) is 1. The number of amides is 2. The summed E-state index contributed by atoms with van der Waals surface area (Å²) in [5, 5.41) is 2.98. The van der Waals surface area contributed by atoms with E-state index < -0.39 is 0 Å². The predicted octanol–water partition coefficient (Wildman–Crippen LogP) is 3.55. The van der Waals surface area contributed by atoms with E-state index in [1.807, 2.05) is 24.3 Å². The van der Waals surface area contributed by atoms with E-state index >= 15 is 0 Å². The highest BCUT2D eigenvalue weighted by molar-refractivity contribution is 5.96. The molecule has 0 saturated carbocycles. The lowest BCUT2D eigenvalue weighted by atomic mass is 9.91. The van der Waals surface area contributed by atoms with Crippen LogP contribution in [0.15, 0.2) is 54.6 Å². The van der Waals surface area contributed by atoms with Gasteiger partial charge in [-0.2, -0.15) is 0 Å². The lowest BCUT2D eigenvalue weighted by Crippen LogP contribution is -2.39. The summed E-state index contributed by atoms with van der Waals surface area (Å²) >= 11 is 0. The fraction of sp³-hybridized carbons (Fsp3) is 0.440. The third-order valence-electron chi connectivity index (χ3n) is 5.68. The molecule has 0 radical (unpaired) electrons. The number of nitrogens with one attached hydrogen (secondary N) is 1. The quantitative estimate of drug-likeness (QED) is 0.764. The van der Waals surface area contributed by atoms with E-state index in [-0.39, 0.29) is 18.4 Å². The Morgan fingerprint density at radius 2 is 1.57 bits per heavy atom. The van der Waals surface area contributed by atoms with Crippen LogP contribution in [0.1, 0.15) is 41.8 Å². The van der Waals surface area contributed by atoms with Gasteiger partial charge in [0.05, 0.1) is 6.54 Å². The Labute approximate surface area is 180 Å². The van der Waals surface area contributed by atoms with Crippen molar-refractivity contribution in [3.8, 4) is 0 Å². The number of nitrogens with zero attached hydrogens (tertiary/aromatic N) is 2. The molecule has 2 amide bonds. The SMILES string of the molecule is C[C@H]1C[C@H](C)CN(Cc2ccccc2CNC(=O)CN(C)C(=O)c2ccccc2)C1. The maximum atomic E-state index is 12.4. The maximum absolute atomic E-state index is 12.4. The van der Waals surface area contributed by atoms with Crippen molar-refractivity contribution in [1.82, 2.24) is 15.1 Å². The Kier molecular flexibility index (Phi) is 7.63. The highest BCUT2D eigenvalue weighted by Crippen LogP contribution is 2.23. The molecule has 5 nitrogen and oxygen atoms in total. The highest BCUT2D eigenvalue weighted by atomic mass is 16.2. The van der Waals surface area contributed by atoms with Gasteiger partial charge in [-0.3, -0.25) is 14.5 Å². The highest BCUT2D eigenvalue weighted by Gasteiger charge is 2.22. The van der Waals surface area contributed by atoms with Crippen LogP contribution in [-0.4, -0.2) is 48.3 Å². The molecular formula is C25H33N3O2. The average molecular weight is 408 g/mol. The Morgan fingerprint density at radius 3 is 2.23 bits per heavy atom. The molecule has 0 aromatic heterocycles. The molecule has 30 heavy (non-hydrogen) atoms. The zero-order valence-corrected chi connectivity index (χ0v) is 18.3. The van der Waals surface area contributed by atoms with Gasteiger partial charge in [-0.25, -0.2) is 0 Å². The molecule has 1 saturated heterocycles. The van der Waals surface area contributed by atoms with Crippen molar-refractivity contribution in [2.75, 3.05) is 26.7 Å². The molecule has 1 heterocycles. The van der Waals surface area contributed by atoms with Crippen LogP contribution in [0, 0.1) is 11.8 Å². The number of benzene rings is 2. The van der Waals surface area contributed by atoms with E-state index in [2.05, 4.69) is 42.3 Å². The van der Waals surface area contributed by atoms with Gasteiger partial charge in [0, 0.05) is 38.8 Å². The van der Waals surface area contributed by atoms with Crippen molar-refractivity contribution in [3.05, 3.63) is 71.3 Å². The van der Waals surface area contributed by atoms with Gasteiger partial charge in [0.15, 0.2) is 0 Å². The number of carbonyl (C=O) groups is 2. The summed E-state index contributed by atoms with van der Waals surface area (Å²) in [4.78, 5) is 28.8. The molecule has 1 N–H and O–H groups in total. The largest absolute Gasteiger partial charge is 0.350 e. The molecule has 1 fully saturated rings. The van der Waals surface area contributed by atoms with E-state index in [0.29, 0.717) is 12.1 Å². The normalized spacial score (nSPS) is 19.3. The van der Waals surface area contributed by atoms with Crippen molar-refractivity contribution in [3.63, 3.8) is 0 Å². The van der Waals surface area contributed by atoms with Gasteiger partial charge in [-0.1, -0.05) is 56.3 Å². The molecule has 2 aromatic rings. The Morgan fingerprint density at radius 1 is 0.967 bits per heavy atom. The maximum Gasteiger partial charge on any atom is 0.254 e.